The number of urea groups is 1. The van der Waals surface area contributed by atoms with Crippen LogP contribution in [0.2, 0.25) is 0 Å². The first-order valence-corrected chi connectivity index (χ1v) is 8.68. The number of nitrogens with one attached hydrogen (secondary N) is 3. The Balaban J connectivity index is 2.03. The van der Waals surface area contributed by atoms with Crippen molar-refractivity contribution >= 4 is 17.9 Å². The maximum absolute atomic E-state index is 12.8. The summed E-state index contributed by atoms with van der Waals surface area (Å²) in [4.78, 5) is 33.9. The Morgan fingerprint density at radius 3 is 2.27 bits per heavy atom. The minimum atomic E-state index is -0.884. The maximum Gasteiger partial charge on any atom is 0.314 e. The van der Waals surface area contributed by atoms with Crippen molar-refractivity contribution in [3.63, 3.8) is 0 Å². The third-order valence-corrected chi connectivity index (χ3v) is 3.70. The summed E-state index contributed by atoms with van der Waals surface area (Å²) in [6, 6.07) is 4.85. The van der Waals surface area contributed by atoms with E-state index in [1.54, 1.807) is 6.92 Å². The van der Waals surface area contributed by atoms with Crippen molar-refractivity contribution in [1.29, 1.82) is 0 Å². The zero-order chi connectivity index (χ0) is 19.4. The minimum absolute atomic E-state index is 0.0189. The van der Waals surface area contributed by atoms with Crippen LogP contribution in [-0.2, 0) is 4.79 Å². The summed E-state index contributed by atoms with van der Waals surface area (Å²) >= 11 is 0. The zero-order valence-electron chi connectivity index (χ0n) is 14.9. The Labute approximate surface area is 152 Å². The summed E-state index contributed by atoms with van der Waals surface area (Å²) in [5, 5.41) is 16.7. The van der Waals surface area contributed by atoms with E-state index in [-0.39, 0.29) is 30.2 Å². The molecule has 1 aromatic rings. The SMILES string of the molecule is CC(CCC(=O)O)NC(=O)NCCCCCNC(=O)c1ccc([18F])cc1. The summed E-state index contributed by atoms with van der Waals surface area (Å²) < 4.78 is 12.8. The maximum atomic E-state index is 12.8. The molecule has 0 bridgehead atoms. The van der Waals surface area contributed by atoms with E-state index in [4.69, 9.17) is 5.11 Å². The number of carbonyl (C=O) groups is 3. The second-order valence-corrected chi connectivity index (χ2v) is 6.06. The van der Waals surface area contributed by atoms with Crippen LogP contribution < -0.4 is 16.0 Å². The molecule has 0 aliphatic heterocycles. The van der Waals surface area contributed by atoms with E-state index in [1.807, 2.05) is 0 Å². The fourth-order valence-corrected chi connectivity index (χ4v) is 2.22. The molecule has 0 heterocycles. The smallest absolute Gasteiger partial charge is 0.314 e. The third-order valence-electron chi connectivity index (χ3n) is 3.70. The van der Waals surface area contributed by atoms with Gasteiger partial charge in [0.1, 0.15) is 5.82 Å². The normalized spacial score (nSPS) is 11.5. The Bertz CT molecular complexity index is 593. The zero-order valence-corrected chi connectivity index (χ0v) is 14.9. The predicted molar refractivity (Wildman–Crippen MR) is 95.5 cm³/mol. The Kier molecular flexibility index (Phi) is 9.74. The van der Waals surface area contributed by atoms with E-state index in [0.717, 1.165) is 19.3 Å². The lowest BCUT2D eigenvalue weighted by Crippen LogP contribution is -2.41. The first kappa shape index (κ1) is 21.4. The molecule has 1 aromatic carbocycles. The number of carbonyl (C=O) groups excluding carboxylic acids is 2. The summed E-state index contributed by atoms with van der Waals surface area (Å²) in [5.74, 6) is -1.50. The van der Waals surface area contributed by atoms with Gasteiger partial charge < -0.3 is 21.1 Å². The highest BCUT2D eigenvalue weighted by Crippen LogP contribution is 2.02. The molecule has 8 heteroatoms. The van der Waals surface area contributed by atoms with Crippen LogP contribution >= 0.6 is 0 Å². The highest BCUT2D eigenvalue weighted by molar-refractivity contribution is 5.94. The van der Waals surface area contributed by atoms with Crippen molar-refractivity contribution < 1.29 is 23.9 Å². The topological polar surface area (TPSA) is 108 Å². The molecule has 0 saturated carbocycles. The van der Waals surface area contributed by atoms with Crippen LogP contribution in [0.15, 0.2) is 24.3 Å². The molecule has 1 unspecified atom stereocenters. The molecule has 0 aromatic heterocycles. The molecule has 0 aliphatic carbocycles. The third kappa shape index (κ3) is 9.61. The van der Waals surface area contributed by atoms with E-state index in [1.165, 1.54) is 24.3 Å². The lowest BCUT2D eigenvalue weighted by molar-refractivity contribution is -0.137. The summed E-state index contributed by atoms with van der Waals surface area (Å²) in [7, 11) is 0. The van der Waals surface area contributed by atoms with Gasteiger partial charge in [-0.25, -0.2) is 9.18 Å². The quantitative estimate of drug-likeness (QED) is 0.451. The number of hydrogen-bond acceptors (Lipinski definition) is 3. The van der Waals surface area contributed by atoms with Gasteiger partial charge >= 0.3 is 12.0 Å². The molecule has 26 heavy (non-hydrogen) atoms. The van der Waals surface area contributed by atoms with Gasteiger partial charge in [0.05, 0.1) is 0 Å². The predicted octanol–water partition coefficient (Wildman–Crippen LogP) is 2.28. The monoisotopic (exact) mass is 366 g/mol. The van der Waals surface area contributed by atoms with Gasteiger partial charge in [-0.3, -0.25) is 9.59 Å². The van der Waals surface area contributed by atoms with Gasteiger partial charge in [0.2, 0.25) is 0 Å². The van der Waals surface area contributed by atoms with Gasteiger partial charge in [-0.2, -0.15) is 0 Å². The second-order valence-electron chi connectivity index (χ2n) is 6.06. The van der Waals surface area contributed by atoms with Crippen molar-refractivity contribution in [2.75, 3.05) is 13.1 Å². The minimum Gasteiger partial charge on any atom is -0.481 e. The van der Waals surface area contributed by atoms with Crippen LogP contribution in [0.5, 0.6) is 0 Å². The Hall–Kier alpha value is -2.64. The number of carboxylic acids is 1. The summed E-state index contributed by atoms with van der Waals surface area (Å²) in [6.45, 7) is 2.77. The van der Waals surface area contributed by atoms with Crippen LogP contribution in [0.4, 0.5) is 9.18 Å². The van der Waals surface area contributed by atoms with E-state index in [2.05, 4.69) is 16.0 Å². The average Bonchev–Trinajstić information content (AvgIpc) is 2.59. The van der Waals surface area contributed by atoms with Crippen LogP contribution in [0.25, 0.3) is 0 Å². The molecule has 7 nitrogen and oxygen atoms in total. The number of unbranched alkanes of at least 4 members (excludes halogenated alkanes) is 2. The Morgan fingerprint density at radius 1 is 1.04 bits per heavy atom. The molecular weight excluding hydrogens is 340 g/mol. The first-order valence-electron chi connectivity index (χ1n) is 8.68. The molecule has 3 amide bonds. The lowest BCUT2D eigenvalue weighted by atomic mass is 10.2. The average molecular weight is 366 g/mol. The Morgan fingerprint density at radius 2 is 1.65 bits per heavy atom. The van der Waals surface area contributed by atoms with E-state index in [0.29, 0.717) is 25.1 Å². The van der Waals surface area contributed by atoms with Crippen molar-refractivity contribution in [2.45, 2.75) is 45.1 Å². The second kappa shape index (κ2) is 11.8. The van der Waals surface area contributed by atoms with Gasteiger partial charge in [0.15, 0.2) is 0 Å². The summed E-state index contributed by atoms with van der Waals surface area (Å²) in [5.41, 5.74) is 0.418. The molecule has 0 fully saturated rings. The van der Waals surface area contributed by atoms with Crippen LogP contribution in [0, 0.1) is 5.82 Å². The van der Waals surface area contributed by atoms with Gasteiger partial charge in [-0.1, -0.05) is 0 Å². The number of aliphatic carboxylic acids is 1. The molecule has 0 aliphatic rings. The van der Waals surface area contributed by atoms with Crippen molar-refractivity contribution in [2.24, 2.45) is 0 Å². The molecule has 4 N–H and O–H groups in total. The van der Waals surface area contributed by atoms with Gasteiger partial charge in [-0.05, 0) is 56.9 Å². The number of rotatable bonds is 11. The number of halogens is 1. The fourth-order valence-electron chi connectivity index (χ4n) is 2.22. The van der Waals surface area contributed by atoms with E-state index < -0.39 is 5.97 Å². The first-order chi connectivity index (χ1) is 12.4. The molecule has 1 rings (SSSR count). The van der Waals surface area contributed by atoms with E-state index in [9.17, 15) is 18.8 Å². The van der Waals surface area contributed by atoms with Crippen molar-refractivity contribution in [3.8, 4) is 0 Å². The van der Waals surface area contributed by atoms with Gasteiger partial charge in [0.25, 0.3) is 5.91 Å². The van der Waals surface area contributed by atoms with Crippen molar-refractivity contribution in [1.82, 2.24) is 16.0 Å². The van der Waals surface area contributed by atoms with E-state index >= 15 is 0 Å². The van der Waals surface area contributed by atoms with Crippen LogP contribution in [0.1, 0.15) is 49.4 Å². The molecule has 0 spiro atoms. The van der Waals surface area contributed by atoms with Crippen molar-refractivity contribution in [3.05, 3.63) is 35.6 Å². The number of benzene rings is 1. The molecule has 144 valence electrons. The highest BCUT2D eigenvalue weighted by Gasteiger charge is 2.08. The molecule has 0 saturated heterocycles. The summed E-state index contributed by atoms with van der Waals surface area (Å²) in [6.07, 6.45) is 2.77. The molecular formula is C18H26FN3O4. The standard InChI is InChI=1S/C18H26FN3O4/c1-13(5-10-16(23)24)22-18(26)21-12-4-2-3-11-20-17(25)14-6-8-15(19)9-7-14/h6-9,13H,2-5,10-12H2,1H3,(H,20,25)(H,23,24)(H2,21,22,26)/i19-1. The number of carboxylic acid groups (broad SMARTS) is 1. The highest BCUT2D eigenvalue weighted by atomic mass is 18.2. The largest absolute Gasteiger partial charge is 0.481 e. The lowest BCUT2D eigenvalue weighted by Gasteiger charge is -2.13. The fraction of sp³-hybridized carbons (Fsp3) is 0.500. The molecule has 0 radical (unpaired) electrons. The van der Waals surface area contributed by atoms with Gasteiger partial charge in [-0.15, -0.1) is 0 Å². The van der Waals surface area contributed by atoms with Crippen LogP contribution in [-0.4, -0.2) is 42.1 Å². The number of hydrogen-bond donors (Lipinski definition) is 4. The molecule has 1 atom stereocenters. The van der Waals surface area contributed by atoms with Gasteiger partial charge in [0, 0.05) is 31.1 Å². The van der Waals surface area contributed by atoms with Crippen LogP contribution in [0.3, 0.4) is 0 Å². The number of amides is 3.